The molecule has 0 aromatic heterocycles. The quantitative estimate of drug-likeness (QED) is 0.611. The molecule has 0 bridgehead atoms. The molecule has 1 aliphatic heterocycles. The van der Waals surface area contributed by atoms with E-state index in [1.165, 1.54) is 4.90 Å². The molecule has 1 heterocycles. The van der Waals surface area contributed by atoms with Crippen molar-refractivity contribution in [3.05, 3.63) is 23.8 Å². The van der Waals surface area contributed by atoms with Gasteiger partial charge in [0.1, 0.15) is 5.69 Å². The minimum atomic E-state index is -2.81. The van der Waals surface area contributed by atoms with Crippen molar-refractivity contribution in [1.29, 1.82) is 0 Å². The predicted molar refractivity (Wildman–Crippen MR) is 57.2 cm³/mol. The standard InChI is InChI=1S/C11H12F4N2/c12-8-4-7(5-9(13)10(8)16)17-3-1-2-11(14,15)6-17/h4-5H,1-3,6,16H2. The Hall–Kier alpha value is -1.46. The molecule has 1 aromatic carbocycles. The van der Waals surface area contributed by atoms with Gasteiger partial charge in [0, 0.05) is 18.7 Å². The van der Waals surface area contributed by atoms with Crippen molar-refractivity contribution < 1.29 is 17.6 Å². The van der Waals surface area contributed by atoms with Crippen LogP contribution < -0.4 is 10.6 Å². The summed E-state index contributed by atoms with van der Waals surface area (Å²) in [4.78, 5) is 1.27. The van der Waals surface area contributed by atoms with Gasteiger partial charge >= 0.3 is 0 Å². The van der Waals surface area contributed by atoms with Crippen molar-refractivity contribution in [3.63, 3.8) is 0 Å². The maximum absolute atomic E-state index is 13.2. The largest absolute Gasteiger partial charge is 0.394 e. The van der Waals surface area contributed by atoms with Crippen LogP contribution in [0, 0.1) is 11.6 Å². The highest BCUT2D eigenvalue weighted by Crippen LogP contribution is 2.31. The number of nitrogens with zero attached hydrogens (tertiary/aromatic N) is 1. The second kappa shape index (κ2) is 4.09. The molecule has 2 rings (SSSR count). The van der Waals surface area contributed by atoms with Gasteiger partial charge in [-0.2, -0.15) is 0 Å². The molecule has 2 N–H and O–H groups in total. The summed E-state index contributed by atoms with van der Waals surface area (Å²) in [6.45, 7) is -0.159. The Morgan fingerprint density at radius 2 is 1.76 bits per heavy atom. The molecule has 1 fully saturated rings. The average molecular weight is 248 g/mol. The van der Waals surface area contributed by atoms with E-state index < -0.39 is 29.8 Å². The SMILES string of the molecule is Nc1c(F)cc(N2CCCC(F)(F)C2)cc1F. The van der Waals surface area contributed by atoms with Gasteiger partial charge in [-0.1, -0.05) is 0 Å². The van der Waals surface area contributed by atoms with Crippen molar-refractivity contribution in [2.45, 2.75) is 18.8 Å². The molecule has 0 unspecified atom stereocenters. The van der Waals surface area contributed by atoms with E-state index in [1.54, 1.807) is 0 Å². The van der Waals surface area contributed by atoms with Gasteiger partial charge in [-0.3, -0.25) is 0 Å². The number of hydrogen-bond donors (Lipinski definition) is 1. The second-order valence-corrected chi connectivity index (χ2v) is 4.20. The first kappa shape index (κ1) is 12.0. The Kier molecular flexibility index (Phi) is 2.89. The van der Waals surface area contributed by atoms with Gasteiger partial charge in [0.05, 0.1) is 6.54 Å². The molecule has 1 saturated heterocycles. The fourth-order valence-electron chi connectivity index (χ4n) is 1.94. The van der Waals surface area contributed by atoms with Crippen LogP contribution in [0.1, 0.15) is 12.8 Å². The number of halogens is 4. The smallest absolute Gasteiger partial charge is 0.265 e. The van der Waals surface area contributed by atoms with E-state index in [4.69, 9.17) is 5.73 Å². The van der Waals surface area contributed by atoms with E-state index in [0.717, 1.165) is 12.1 Å². The summed E-state index contributed by atoms with van der Waals surface area (Å²) in [7, 11) is 0. The number of anilines is 2. The first-order chi connectivity index (χ1) is 7.89. The van der Waals surface area contributed by atoms with Crippen LogP contribution in [-0.2, 0) is 0 Å². The Morgan fingerprint density at radius 1 is 1.18 bits per heavy atom. The maximum Gasteiger partial charge on any atom is 0.265 e. The Morgan fingerprint density at radius 3 is 2.29 bits per heavy atom. The van der Waals surface area contributed by atoms with E-state index in [9.17, 15) is 17.6 Å². The zero-order chi connectivity index (χ0) is 12.6. The van der Waals surface area contributed by atoms with Crippen molar-refractivity contribution in [3.8, 4) is 0 Å². The molecule has 0 amide bonds. The third kappa shape index (κ3) is 2.45. The summed E-state index contributed by atoms with van der Waals surface area (Å²) >= 11 is 0. The normalized spacial score (nSPS) is 19.4. The third-order valence-electron chi connectivity index (χ3n) is 2.82. The van der Waals surface area contributed by atoms with Crippen LogP contribution in [0.4, 0.5) is 28.9 Å². The van der Waals surface area contributed by atoms with E-state index >= 15 is 0 Å². The molecule has 0 atom stereocenters. The summed E-state index contributed by atoms with van der Waals surface area (Å²) in [6, 6.07) is 1.97. The molecule has 6 heteroatoms. The molecular formula is C11H12F4N2. The molecule has 2 nitrogen and oxygen atoms in total. The van der Waals surface area contributed by atoms with Gasteiger partial charge in [0.2, 0.25) is 0 Å². The summed E-state index contributed by atoms with van der Waals surface area (Å²) in [5.41, 5.74) is 4.64. The lowest BCUT2D eigenvalue weighted by atomic mass is 10.1. The molecule has 1 aromatic rings. The molecule has 0 saturated carbocycles. The fraction of sp³-hybridized carbons (Fsp3) is 0.455. The average Bonchev–Trinajstić information content (AvgIpc) is 2.23. The predicted octanol–water partition coefficient (Wildman–Crippen LogP) is 2.78. The van der Waals surface area contributed by atoms with E-state index in [1.807, 2.05) is 0 Å². The number of nitrogens with two attached hydrogens (primary N) is 1. The van der Waals surface area contributed by atoms with Gasteiger partial charge in [-0.25, -0.2) is 17.6 Å². The van der Waals surface area contributed by atoms with Gasteiger partial charge in [0.25, 0.3) is 5.92 Å². The summed E-state index contributed by atoms with van der Waals surface area (Å²) in [5, 5.41) is 0. The number of piperidine rings is 1. The third-order valence-corrected chi connectivity index (χ3v) is 2.82. The van der Waals surface area contributed by atoms with Crippen LogP contribution in [0.5, 0.6) is 0 Å². The maximum atomic E-state index is 13.2. The number of nitrogen functional groups attached to an aromatic ring is 1. The summed E-state index contributed by atoms with van der Waals surface area (Å²) in [6.07, 6.45) is 0.101. The lowest BCUT2D eigenvalue weighted by molar-refractivity contribution is -0.0117. The summed E-state index contributed by atoms with van der Waals surface area (Å²) in [5.74, 6) is -4.66. The van der Waals surface area contributed by atoms with Crippen LogP contribution in [-0.4, -0.2) is 19.0 Å². The number of alkyl halides is 2. The highest BCUT2D eigenvalue weighted by atomic mass is 19.3. The van der Waals surface area contributed by atoms with Crippen molar-refractivity contribution in [2.75, 3.05) is 23.7 Å². The molecule has 0 aliphatic carbocycles. The van der Waals surface area contributed by atoms with Gasteiger partial charge < -0.3 is 10.6 Å². The van der Waals surface area contributed by atoms with Crippen LogP contribution in [0.25, 0.3) is 0 Å². The molecule has 17 heavy (non-hydrogen) atoms. The van der Waals surface area contributed by atoms with Crippen LogP contribution in [0.3, 0.4) is 0 Å². The molecule has 1 aliphatic rings. The Bertz CT molecular complexity index is 410. The first-order valence-electron chi connectivity index (χ1n) is 5.26. The van der Waals surface area contributed by atoms with Crippen LogP contribution in [0.2, 0.25) is 0 Å². The summed E-state index contributed by atoms with van der Waals surface area (Å²) < 4.78 is 52.8. The topological polar surface area (TPSA) is 29.3 Å². The lowest BCUT2D eigenvalue weighted by Crippen LogP contribution is -2.42. The highest BCUT2D eigenvalue weighted by molar-refractivity contribution is 5.55. The zero-order valence-corrected chi connectivity index (χ0v) is 9.02. The number of benzene rings is 1. The monoisotopic (exact) mass is 248 g/mol. The molecule has 0 spiro atoms. The second-order valence-electron chi connectivity index (χ2n) is 4.20. The van der Waals surface area contributed by atoms with Gasteiger partial charge in [0.15, 0.2) is 11.6 Å². The Balaban J connectivity index is 2.28. The van der Waals surface area contributed by atoms with Crippen LogP contribution >= 0.6 is 0 Å². The van der Waals surface area contributed by atoms with Crippen molar-refractivity contribution in [1.82, 2.24) is 0 Å². The highest BCUT2D eigenvalue weighted by Gasteiger charge is 2.35. The van der Waals surface area contributed by atoms with Crippen LogP contribution in [0.15, 0.2) is 12.1 Å². The minimum Gasteiger partial charge on any atom is -0.394 e. The minimum absolute atomic E-state index is 0.105. The lowest BCUT2D eigenvalue weighted by Gasteiger charge is -2.34. The number of rotatable bonds is 1. The molecule has 0 radical (unpaired) electrons. The van der Waals surface area contributed by atoms with Gasteiger partial charge in [-0.15, -0.1) is 0 Å². The van der Waals surface area contributed by atoms with E-state index in [0.29, 0.717) is 13.0 Å². The number of hydrogen-bond acceptors (Lipinski definition) is 2. The van der Waals surface area contributed by atoms with Gasteiger partial charge in [-0.05, 0) is 18.6 Å². The van der Waals surface area contributed by atoms with E-state index in [2.05, 4.69) is 0 Å². The Labute approximate surface area is 96.0 Å². The fourth-order valence-corrected chi connectivity index (χ4v) is 1.94. The molecule has 94 valence electrons. The van der Waals surface area contributed by atoms with Crippen molar-refractivity contribution >= 4 is 11.4 Å². The zero-order valence-electron chi connectivity index (χ0n) is 9.02. The first-order valence-corrected chi connectivity index (χ1v) is 5.26. The molecular weight excluding hydrogens is 236 g/mol. The van der Waals surface area contributed by atoms with E-state index in [-0.39, 0.29) is 12.1 Å². The van der Waals surface area contributed by atoms with Crippen molar-refractivity contribution in [2.24, 2.45) is 0 Å².